The Kier molecular flexibility index (Phi) is 5.84. The molecule has 1 heterocycles. The minimum Gasteiger partial charge on any atom is -0.507 e. The number of rotatable bonds is 3. The van der Waals surface area contributed by atoms with Crippen LogP contribution in [0.25, 0.3) is 0 Å². The van der Waals surface area contributed by atoms with Crippen LogP contribution in [-0.2, 0) is 0 Å². The van der Waals surface area contributed by atoms with Crippen LogP contribution in [0.15, 0.2) is 22.2 Å². The van der Waals surface area contributed by atoms with Gasteiger partial charge in [-0.1, -0.05) is 51.8 Å². The third-order valence-electron chi connectivity index (χ3n) is 6.05. The molecular weight excluding hydrogens is 374 g/mol. The van der Waals surface area contributed by atoms with Crippen LogP contribution >= 0.6 is 11.8 Å². The Balaban J connectivity index is 1.95. The average molecular weight is 406 g/mol. The van der Waals surface area contributed by atoms with E-state index in [1.165, 1.54) is 31.5 Å². The van der Waals surface area contributed by atoms with Crippen molar-refractivity contribution in [3.63, 3.8) is 0 Å². The predicted octanol–water partition coefficient (Wildman–Crippen LogP) is 4.68. The van der Waals surface area contributed by atoms with Crippen molar-refractivity contribution >= 4 is 23.1 Å². The van der Waals surface area contributed by atoms with Crippen LogP contribution in [0, 0.1) is 5.41 Å². The van der Waals surface area contributed by atoms with Crippen LogP contribution in [0.1, 0.15) is 65.4 Å². The van der Waals surface area contributed by atoms with E-state index in [1.54, 1.807) is 11.8 Å². The van der Waals surface area contributed by atoms with Gasteiger partial charge in [0.25, 0.3) is 0 Å². The van der Waals surface area contributed by atoms with Crippen molar-refractivity contribution in [2.45, 2.75) is 71.4 Å². The second-order valence-corrected chi connectivity index (χ2v) is 9.91. The van der Waals surface area contributed by atoms with Crippen LogP contribution in [0.2, 0.25) is 0 Å². The summed E-state index contributed by atoms with van der Waals surface area (Å²) in [5, 5.41) is 37.0. The Hall–Kier alpha value is -1.89. The standard InChI is InChI=1S/C21H31N3O3S/c1-20(2,3)21(4)13-28-19(23-15-8-6-5-7-9-15)24(21)22-12-14-10-17(26)18(27)11-16(14)25/h10-12,15,25-27H,5-9,13H2,1-4H3/b22-12+,23-19?. The molecule has 1 aliphatic heterocycles. The molecule has 7 heteroatoms. The molecular formula is C21H31N3O3S. The fraction of sp³-hybridized carbons (Fsp3) is 0.619. The van der Waals surface area contributed by atoms with E-state index in [2.05, 4.69) is 27.7 Å². The first-order chi connectivity index (χ1) is 13.1. The van der Waals surface area contributed by atoms with Gasteiger partial charge in [-0.3, -0.25) is 4.99 Å². The van der Waals surface area contributed by atoms with E-state index in [0.29, 0.717) is 11.6 Å². The molecule has 3 N–H and O–H groups in total. The van der Waals surface area contributed by atoms with Gasteiger partial charge in [-0.15, -0.1) is 0 Å². The zero-order valence-corrected chi connectivity index (χ0v) is 18.0. The normalized spacial score (nSPS) is 25.9. The first-order valence-electron chi connectivity index (χ1n) is 9.91. The number of phenolic OH excluding ortho intramolecular Hbond substituents is 3. The first-order valence-corrected chi connectivity index (χ1v) is 10.9. The second kappa shape index (κ2) is 7.85. The zero-order chi connectivity index (χ0) is 20.5. The Morgan fingerprint density at radius 1 is 1.07 bits per heavy atom. The average Bonchev–Trinajstić information content (AvgIpc) is 2.95. The number of hydrogen-bond donors (Lipinski definition) is 3. The molecule has 0 aromatic heterocycles. The van der Waals surface area contributed by atoms with Gasteiger partial charge in [0, 0.05) is 17.4 Å². The van der Waals surface area contributed by atoms with Crippen molar-refractivity contribution in [2.24, 2.45) is 15.5 Å². The molecule has 28 heavy (non-hydrogen) atoms. The molecule has 1 saturated heterocycles. The van der Waals surface area contributed by atoms with Gasteiger partial charge in [0.2, 0.25) is 0 Å². The molecule has 1 aromatic carbocycles. The molecule has 6 nitrogen and oxygen atoms in total. The molecule has 2 aliphatic rings. The van der Waals surface area contributed by atoms with Crippen LogP contribution in [-0.4, -0.2) is 49.0 Å². The van der Waals surface area contributed by atoms with Crippen LogP contribution in [0.5, 0.6) is 17.2 Å². The van der Waals surface area contributed by atoms with E-state index >= 15 is 0 Å². The summed E-state index contributed by atoms with van der Waals surface area (Å²) < 4.78 is 0. The van der Waals surface area contributed by atoms with Gasteiger partial charge in [0.1, 0.15) is 5.75 Å². The van der Waals surface area contributed by atoms with Gasteiger partial charge in [0.15, 0.2) is 16.7 Å². The molecule has 0 bridgehead atoms. The van der Waals surface area contributed by atoms with E-state index in [-0.39, 0.29) is 28.2 Å². The minimum absolute atomic E-state index is 0.0414. The van der Waals surface area contributed by atoms with Crippen molar-refractivity contribution in [3.05, 3.63) is 17.7 Å². The van der Waals surface area contributed by atoms with Gasteiger partial charge >= 0.3 is 0 Å². The smallest absolute Gasteiger partial charge is 0.180 e. The number of phenols is 3. The maximum absolute atomic E-state index is 10.1. The third kappa shape index (κ3) is 4.09. The van der Waals surface area contributed by atoms with Gasteiger partial charge in [-0.25, -0.2) is 5.01 Å². The fourth-order valence-electron chi connectivity index (χ4n) is 3.51. The summed E-state index contributed by atoms with van der Waals surface area (Å²) in [5.74, 6) is 0.107. The summed E-state index contributed by atoms with van der Waals surface area (Å²) >= 11 is 1.73. The third-order valence-corrected chi connectivity index (χ3v) is 7.29. The lowest BCUT2D eigenvalue weighted by Gasteiger charge is -2.43. The molecule has 0 radical (unpaired) electrons. The second-order valence-electron chi connectivity index (χ2n) is 8.97. The Labute approximate surface area is 171 Å². The van der Waals surface area contributed by atoms with Crippen molar-refractivity contribution in [1.29, 1.82) is 0 Å². The number of hydrogen-bond acceptors (Lipinski definition) is 6. The molecule has 154 valence electrons. The molecule has 0 spiro atoms. The molecule has 1 saturated carbocycles. The Morgan fingerprint density at radius 3 is 2.36 bits per heavy atom. The Bertz CT molecular complexity index is 782. The summed E-state index contributed by atoms with van der Waals surface area (Å²) in [6.45, 7) is 8.78. The summed E-state index contributed by atoms with van der Waals surface area (Å²) in [6, 6.07) is 2.78. The lowest BCUT2D eigenvalue weighted by Crippen LogP contribution is -2.51. The van der Waals surface area contributed by atoms with E-state index in [4.69, 9.17) is 10.1 Å². The highest BCUT2D eigenvalue weighted by molar-refractivity contribution is 8.14. The molecule has 0 amide bonds. The lowest BCUT2D eigenvalue weighted by molar-refractivity contribution is 0.0953. The summed E-state index contributed by atoms with van der Waals surface area (Å²) in [4.78, 5) is 5.03. The number of aromatic hydroxyl groups is 3. The number of amidine groups is 1. The highest BCUT2D eigenvalue weighted by Gasteiger charge is 2.49. The van der Waals surface area contributed by atoms with Crippen molar-refractivity contribution in [3.8, 4) is 17.2 Å². The van der Waals surface area contributed by atoms with Gasteiger partial charge in [0.05, 0.1) is 17.8 Å². The highest BCUT2D eigenvalue weighted by atomic mass is 32.2. The number of aliphatic imine (C=N–C) groups is 1. The summed E-state index contributed by atoms with van der Waals surface area (Å²) in [5.41, 5.74) is 0.0665. The predicted molar refractivity (Wildman–Crippen MR) is 115 cm³/mol. The fourth-order valence-corrected chi connectivity index (χ4v) is 5.07. The Morgan fingerprint density at radius 2 is 1.71 bits per heavy atom. The van der Waals surface area contributed by atoms with E-state index in [9.17, 15) is 15.3 Å². The molecule has 1 aromatic rings. The highest BCUT2D eigenvalue weighted by Crippen LogP contribution is 2.45. The van der Waals surface area contributed by atoms with Crippen molar-refractivity contribution in [1.82, 2.24) is 5.01 Å². The quantitative estimate of drug-likeness (QED) is 0.386. The van der Waals surface area contributed by atoms with E-state index in [1.807, 2.05) is 5.01 Å². The van der Waals surface area contributed by atoms with Gasteiger partial charge in [-0.05, 0) is 31.2 Å². The van der Waals surface area contributed by atoms with E-state index < -0.39 is 0 Å². The van der Waals surface area contributed by atoms with E-state index in [0.717, 1.165) is 29.8 Å². The SMILES string of the molecule is CC(C)(C)C1(C)CSC(=NC2CCCCC2)N1/N=C/c1cc(O)c(O)cc1O. The monoisotopic (exact) mass is 405 g/mol. The van der Waals surface area contributed by atoms with Crippen molar-refractivity contribution < 1.29 is 15.3 Å². The number of hydrazone groups is 1. The lowest BCUT2D eigenvalue weighted by atomic mass is 9.76. The largest absolute Gasteiger partial charge is 0.507 e. The maximum atomic E-state index is 10.1. The minimum atomic E-state index is -0.356. The van der Waals surface area contributed by atoms with Crippen LogP contribution in [0.3, 0.4) is 0 Å². The molecule has 3 rings (SSSR count). The van der Waals surface area contributed by atoms with Crippen LogP contribution in [0.4, 0.5) is 0 Å². The molecule has 2 fully saturated rings. The maximum Gasteiger partial charge on any atom is 0.180 e. The van der Waals surface area contributed by atoms with Gasteiger partial charge in [-0.2, -0.15) is 5.10 Å². The summed E-state index contributed by atoms with van der Waals surface area (Å²) in [7, 11) is 0. The topological polar surface area (TPSA) is 88.7 Å². The van der Waals surface area contributed by atoms with Gasteiger partial charge < -0.3 is 15.3 Å². The number of thioether (sulfide) groups is 1. The van der Waals surface area contributed by atoms with Crippen molar-refractivity contribution in [2.75, 3.05) is 5.75 Å². The molecule has 1 unspecified atom stereocenters. The first kappa shape index (κ1) is 20.8. The number of nitrogens with zero attached hydrogens (tertiary/aromatic N) is 3. The number of benzene rings is 1. The molecule has 1 aliphatic carbocycles. The summed E-state index contributed by atoms with van der Waals surface area (Å²) in [6.07, 6.45) is 7.53. The van der Waals surface area contributed by atoms with Crippen LogP contribution < -0.4 is 0 Å². The molecule has 1 atom stereocenters. The zero-order valence-electron chi connectivity index (χ0n) is 17.1.